The number of hydrogen-bond donors (Lipinski definition) is 1. The van der Waals surface area contributed by atoms with Crippen LogP contribution >= 0.6 is 0 Å². The largest absolute Gasteiger partial charge is 0.391 e. The average Bonchev–Trinajstić information content (AvgIpc) is 2.25. The molecule has 1 aliphatic carbocycles. The van der Waals surface area contributed by atoms with Gasteiger partial charge in [0.05, 0.1) is 5.92 Å². The van der Waals surface area contributed by atoms with Crippen LogP contribution in [-0.4, -0.2) is 11.7 Å². The zero-order valence-electron chi connectivity index (χ0n) is 10.8. The van der Waals surface area contributed by atoms with Crippen molar-refractivity contribution in [2.24, 2.45) is 11.7 Å². The van der Waals surface area contributed by atoms with E-state index in [0.29, 0.717) is 5.56 Å². The first-order valence-electron chi connectivity index (χ1n) is 6.49. The molecule has 1 saturated carbocycles. The maximum Gasteiger partial charge on any atom is 0.391 e. The monoisotopic (exact) mass is 293 g/mol. The fourth-order valence-electron chi connectivity index (χ4n) is 2.82. The predicted molar refractivity (Wildman–Crippen MR) is 65.0 cm³/mol. The van der Waals surface area contributed by atoms with Crippen LogP contribution < -0.4 is 5.73 Å². The summed E-state index contributed by atoms with van der Waals surface area (Å²) in [6.07, 6.45) is -3.65. The molecule has 1 fully saturated rings. The summed E-state index contributed by atoms with van der Waals surface area (Å²) in [7, 11) is 0. The lowest BCUT2D eigenvalue weighted by atomic mass is 9.74. The summed E-state index contributed by atoms with van der Waals surface area (Å²) < 4.78 is 63.9. The van der Waals surface area contributed by atoms with Crippen LogP contribution in [0.3, 0.4) is 0 Å². The molecule has 0 heterocycles. The molecule has 0 bridgehead atoms. The third kappa shape index (κ3) is 3.69. The van der Waals surface area contributed by atoms with Crippen LogP contribution in [0.4, 0.5) is 22.0 Å². The van der Waals surface area contributed by atoms with Gasteiger partial charge in [0.15, 0.2) is 0 Å². The van der Waals surface area contributed by atoms with E-state index in [1.807, 2.05) is 0 Å². The zero-order chi connectivity index (χ0) is 15.0. The van der Waals surface area contributed by atoms with Gasteiger partial charge in [-0.15, -0.1) is 0 Å². The minimum Gasteiger partial charge on any atom is -0.325 e. The lowest BCUT2D eigenvalue weighted by Crippen LogP contribution is -2.47. The third-order valence-electron chi connectivity index (χ3n) is 3.92. The molecule has 0 spiro atoms. The molecule has 1 aliphatic rings. The molecule has 1 nitrogen and oxygen atoms in total. The lowest BCUT2D eigenvalue weighted by Gasteiger charge is -2.38. The molecule has 112 valence electrons. The Morgan fingerprint density at radius 3 is 2.00 bits per heavy atom. The zero-order valence-corrected chi connectivity index (χ0v) is 10.8. The van der Waals surface area contributed by atoms with Crippen LogP contribution in [-0.2, 0) is 6.42 Å². The average molecular weight is 293 g/mol. The number of hydrogen-bond acceptors (Lipinski definition) is 1. The maximum absolute atomic E-state index is 13.1. The van der Waals surface area contributed by atoms with Gasteiger partial charge >= 0.3 is 6.18 Å². The molecule has 2 rings (SSSR count). The number of rotatable bonds is 2. The second-order valence-corrected chi connectivity index (χ2v) is 5.63. The van der Waals surface area contributed by atoms with Crippen molar-refractivity contribution in [1.82, 2.24) is 0 Å². The molecule has 20 heavy (non-hydrogen) atoms. The Morgan fingerprint density at radius 1 is 1.05 bits per heavy atom. The van der Waals surface area contributed by atoms with Gasteiger partial charge in [-0.1, -0.05) is 0 Å². The molecular weight excluding hydrogens is 277 g/mol. The molecule has 0 amide bonds. The molecule has 0 atom stereocenters. The molecule has 2 N–H and O–H groups in total. The van der Waals surface area contributed by atoms with Gasteiger partial charge in [0, 0.05) is 11.6 Å². The first kappa shape index (κ1) is 15.2. The van der Waals surface area contributed by atoms with Gasteiger partial charge in [-0.2, -0.15) is 13.2 Å². The van der Waals surface area contributed by atoms with E-state index in [1.54, 1.807) is 0 Å². The van der Waals surface area contributed by atoms with E-state index in [4.69, 9.17) is 5.73 Å². The molecule has 1 aromatic carbocycles. The van der Waals surface area contributed by atoms with Crippen molar-refractivity contribution in [2.75, 3.05) is 0 Å². The van der Waals surface area contributed by atoms with Crippen molar-refractivity contribution in [1.29, 1.82) is 0 Å². The maximum atomic E-state index is 13.1. The molecule has 6 heteroatoms. The second-order valence-electron chi connectivity index (χ2n) is 5.63. The Balaban J connectivity index is 2.03. The molecule has 0 radical (unpaired) electrons. The van der Waals surface area contributed by atoms with Gasteiger partial charge in [0.25, 0.3) is 0 Å². The third-order valence-corrected chi connectivity index (χ3v) is 3.92. The highest BCUT2D eigenvalue weighted by Gasteiger charge is 2.44. The standard InChI is InChI=1S/C14H16F5N/c15-11-5-9(6-12(16)7-11)8-13(20)3-1-10(2-4-13)14(17,18)19/h5-7,10H,1-4,8,20H2. The van der Waals surface area contributed by atoms with Crippen LogP contribution in [0, 0.1) is 17.6 Å². The Labute approximate surface area is 114 Å². The van der Waals surface area contributed by atoms with Gasteiger partial charge in [0.2, 0.25) is 0 Å². The lowest BCUT2D eigenvalue weighted by molar-refractivity contribution is -0.184. The topological polar surface area (TPSA) is 26.0 Å². The van der Waals surface area contributed by atoms with E-state index in [2.05, 4.69) is 0 Å². The number of halogens is 5. The second kappa shape index (κ2) is 5.31. The summed E-state index contributed by atoms with van der Waals surface area (Å²) in [5.74, 6) is -2.72. The fourth-order valence-corrected chi connectivity index (χ4v) is 2.82. The SMILES string of the molecule is NC1(Cc2cc(F)cc(F)c2)CCC(C(F)(F)F)CC1. The van der Waals surface area contributed by atoms with Crippen LogP contribution in [0.25, 0.3) is 0 Å². The Kier molecular flexibility index (Phi) is 4.04. The molecule has 0 aromatic heterocycles. The van der Waals surface area contributed by atoms with Gasteiger partial charge in [-0.05, 0) is 49.8 Å². The highest BCUT2D eigenvalue weighted by Crippen LogP contribution is 2.41. The van der Waals surface area contributed by atoms with E-state index < -0.39 is 29.3 Å². The predicted octanol–water partition coefficient (Wildman–Crippen LogP) is 3.96. The normalized spacial score (nSPS) is 27.6. The molecule has 0 aliphatic heterocycles. The van der Waals surface area contributed by atoms with Crippen molar-refractivity contribution < 1.29 is 22.0 Å². The van der Waals surface area contributed by atoms with Crippen molar-refractivity contribution >= 4 is 0 Å². The van der Waals surface area contributed by atoms with E-state index in [1.165, 1.54) is 12.1 Å². The summed E-state index contributed by atoms with van der Waals surface area (Å²) in [5.41, 5.74) is 5.65. The van der Waals surface area contributed by atoms with Gasteiger partial charge in [-0.25, -0.2) is 8.78 Å². The minimum atomic E-state index is -4.19. The first-order valence-corrected chi connectivity index (χ1v) is 6.49. The van der Waals surface area contributed by atoms with Crippen LogP contribution in [0.5, 0.6) is 0 Å². The van der Waals surface area contributed by atoms with Crippen LogP contribution in [0.15, 0.2) is 18.2 Å². The summed E-state index contributed by atoms with van der Waals surface area (Å²) in [6.45, 7) is 0. The fraction of sp³-hybridized carbons (Fsp3) is 0.571. The van der Waals surface area contributed by atoms with Crippen molar-refractivity contribution in [2.45, 2.75) is 43.8 Å². The molecule has 0 unspecified atom stereocenters. The van der Waals surface area contributed by atoms with Gasteiger partial charge < -0.3 is 5.73 Å². The molecule has 1 aromatic rings. The van der Waals surface area contributed by atoms with Crippen molar-refractivity contribution in [3.05, 3.63) is 35.4 Å². The summed E-state index contributed by atoms with van der Waals surface area (Å²) in [4.78, 5) is 0. The Hall–Kier alpha value is -1.17. The number of alkyl halides is 3. The minimum absolute atomic E-state index is 0.0300. The van der Waals surface area contributed by atoms with E-state index in [9.17, 15) is 22.0 Å². The van der Waals surface area contributed by atoms with Crippen molar-refractivity contribution in [3.63, 3.8) is 0 Å². The summed E-state index contributed by atoms with van der Waals surface area (Å²) in [6, 6.07) is 3.11. The van der Waals surface area contributed by atoms with Gasteiger partial charge in [0.1, 0.15) is 11.6 Å². The van der Waals surface area contributed by atoms with E-state index in [-0.39, 0.29) is 32.1 Å². The Bertz CT molecular complexity index is 455. The van der Waals surface area contributed by atoms with Crippen LogP contribution in [0.1, 0.15) is 31.2 Å². The highest BCUT2D eigenvalue weighted by atomic mass is 19.4. The smallest absolute Gasteiger partial charge is 0.325 e. The van der Waals surface area contributed by atoms with E-state index in [0.717, 1.165) is 6.07 Å². The summed E-state index contributed by atoms with van der Waals surface area (Å²) >= 11 is 0. The summed E-state index contributed by atoms with van der Waals surface area (Å²) in [5, 5.41) is 0. The van der Waals surface area contributed by atoms with Gasteiger partial charge in [-0.3, -0.25) is 0 Å². The quantitative estimate of drug-likeness (QED) is 0.821. The van der Waals surface area contributed by atoms with Crippen LogP contribution in [0.2, 0.25) is 0 Å². The molecular formula is C14H16F5N. The number of benzene rings is 1. The highest BCUT2D eigenvalue weighted by molar-refractivity contribution is 5.20. The van der Waals surface area contributed by atoms with Crippen molar-refractivity contribution in [3.8, 4) is 0 Å². The van der Waals surface area contributed by atoms with E-state index >= 15 is 0 Å². The molecule has 0 saturated heterocycles. The Morgan fingerprint density at radius 2 is 1.55 bits per heavy atom. The first-order chi connectivity index (χ1) is 9.18. The number of nitrogens with two attached hydrogens (primary N) is 1.